The number of thiophene rings is 1. The van der Waals surface area contributed by atoms with Crippen molar-refractivity contribution in [2.75, 3.05) is 6.54 Å². The molecule has 4 heteroatoms. The highest BCUT2D eigenvalue weighted by Gasteiger charge is 2.30. The predicted molar refractivity (Wildman–Crippen MR) is 95.4 cm³/mol. The minimum Gasteiger partial charge on any atom is -0.353 e. The molecule has 0 bridgehead atoms. The summed E-state index contributed by atoms with van der Waals surface area (Å²) in [4.78, 5) is 15.7. The van der Waals surface area contributed by atoms with Gasteiger partial charge < -0.3 is 5.32 Å². The van der Waals surface area contributed by atoms with E-state index in [1.165, 1.54) is 10.4 Å². The predicted octanol–water partition coefficient (Wildman–Crippen LogP) is 3.98. The highest BCUT2D eigenvalue weighted by atomic mass is 32.1. The first-order valence-corrected chi connectivity index (χ1v) is 9.25. The molecule has 2 atom stereocenters. The van der Waals surface area contributed by atoms with Gasteiger partial charge in [-0.05, 0) is 29.9 Å². The molecule has 2 heterocycles. The molecular weight excluding hydrogens is 304 g/mol. The van der Waals surface area contributed by atoms with E-state index in [1.807, 2.05) is 18.3 Å². The minimum atomic E-state index is 0.161. The molecule has 122 valence electrons. The van der Waals surface area contributed by atoms with E-state index in [2.05, 4.69) is 58.1 Å². The molecule has 2 aromatic rings. The number of likely N-dealkylation sites (tertiary alicyclic amines) is 1. The summed E-state index contributed by atoms with van der Waals surface area (Å²) in [6.07, 6.45) is 2.58. The van der Waals surface area contributed by atoms with E-state index in [1.54, 1.807) is 0 Å². The maximum atomic E-state index is 11.7. The molecule has 3 nitrogen and oxygen atoms in total. The summed E-state index contributed by atoms with van der Waals surface area (Å²) in [7, 11) is 0. The minimum absolute atomic E-state index is 0.161. The lowest BCUT2D eigenvalue weighted by atomic mass is 9.91. The van der Waals surface area contributed by atoms with Crippen LogP contribution in [0.4, 0.5) is 0 Å². The van der Waals surface area contributed by atoms with E-state index in [9.17, 15) is 4.79 Å². The molecule has 0 spiro atoms. The van der Waals surface area contributed by atoms with Crippen molar-refractivity contribution in [3.63, 3.8) is 0 Å². The van der Waals surface area contributed by atoms with Gasteiger partial charge in [-0.15, -0.1) is 11.3 Å². The average Bonchev–Trinajstić information content (AvgIpc) is 3.10. The second-order valence-corrected chi connectivity index (χ2v) is 7.15. The number of rotatable bonds is 5. The van der Waals surface area contributed by atoms with Crippen molar-refractivity contribution in [2.24, 2.45) is 0 Å². The van der Waals surface area contributed by atoms with Crippen LogP contribution in [0.3, 0.4) is 0 Å². The van der Waals surface area contributed by atoms with Gasteiger partial charge in [0.25, 0.3) is 0 Å². The van der Waals surface area contributed by atoms with Crippen molar-refractivity contribution in [3.05, 3.63) is 58.3 Å². The molecule has 1 N–H and O–H groups in total. The van der Waals surface area contributed by atoms with Crippen molar-refractivity contribution >= 4 is 17.2 Å². The number of amides is 1. The van der Waals surface area contributed by atoms with E-state index >= 15 is 0 Å². The van der Waals surface area contributed by atoms with Gasteiger partial charge in [0.1, 0.15) is 0 Å². The largest absolute Gasteiger partial charge is 0.353 e. The number of piperidine rings is 1. The summed E-state index contributed by atoms with van der Waals surface area (Å²) in [6.45, 7) is 3.92. The normalized spacial score (nSPS) is 22.0. The molecule has 0 radical (unpaired) electrons. The van der Waals surface area contributed by atoms with Gasteiger partial charge in [0, 0.05) is 36.5 Å². The summed E-state index contributed by atoms with van der Waals surface area (Å²) in [5.41, 5.74) is 1.35. The number of carbonyl (C=O) groups excluding carboxylic acids is 1. The van der Waals surface area contributed by atoms with Gasteiger partial charge in [0.2, 0.25) is 5.91 Å². The monoisotopic (exact) mass is 328 g/mol. The second kappa shape index (κ2) is 7.75. The molecular formula is C19H24N2OS. The number of nitrogens with zero attached hydrogens (tertiary/aromatic N) is 1. The van der Waals surface area contributed by atoms with Crippen LogP contribution in [0.15, 0.2) is 47.8 Å². The smallest absolute Gasteiger partial charge is 0.219 e. The van der Waals surface area contributed by atoms with Crippen molar-refractivity contribution in [2.45, 2.75) is 44.8 Å². The molecule has 1 saturated heterocycles. The summed E-state index contributed by atoms with van der Waals surface area (Å²) >= 11 is 1.82. The van der Waals surface area contributed by atoms with Crippen molar-refractivity contribution in [1.82, 2.24) is 10.2 Å². The third-order valence-electron chi connectivity index (χ3n) is 4.52. The Morgan fingerprint density at radius 3 is 2.78 bits per heavy atom. The summed E-state index contributed by atoms with van der Waals surface area (Å²) in [6, 6.07) is 15.7. The quantitative estimate of drug-likeness (QED) is 0.900. The van der Waals surface area contributed by atoms with Gasteiger partial charge in [0.05, 0.1) is 0 Å². The molecule has 0 aliphatic carbocycles. The summed E-state index contributed by atoms with van der Waals surface area (Å²) in [5.74, 6) is 0.161. The van der Waals surface area contributed by atoms with Crippen molar-refractivity contribution in [3.8, 4) is 0 Å². The van der Waals surface area contributed by atoms with E-state index in [4.69, 9.17) is 0 Å². The van der Waals surface area contributed by atoms with Crippen LogP contribution >= 0.6 is 11.3 Å². The molecule has 1 aromatic carbocycles. The van der Waals surface area contributed by atoms with E-state index in [0.717, 1.165) is 25.9 Å². The lowest BCUT2D eigenvalue weighted by Gasteiger charge is -2.40. The van der Waals surface area contributed by atoms with E-state index < -0.39 is 0 Å². The Morgan fingerprint density at radius 2 is 2.09 bits per heavy atom. The third-order valence-corrected chi connectivity index (χ3v) is 5.38. The van der Waals surface area contributed by atoms with Crippen LogP contribution in [0, 0.1) is 0 Å². The molecule has 23 heavy (non-hydrogen) atoms. The van der Waals surface area contributed by atoms with E-state index in [0.29, 0.717) is 12.5 Å². The summed E-state index contributed by atoms with van der Waals surface area (Å²) < 4.78 is 0. The number of hydrogen-bond acceptors (Lipinski definition) is 3. The van der Waals surface area contributed by atoms with Gasteiger partial charge in [-0.1, -0.05) is 43.3 Å². The van der Waals surface area contributed by atoms with Crippen LogP contribution in [0.5, 0.6) is 0 Å². The highest BCUT2D eigenvalue weighted by Crippen LogP contribution is 2.33. The first-order chi connectivity index (χ1) is 11.3. The number of benzene rings is 1. The van der Waals surface area contributed by atoms with Crippen LogP contribution in [-0.2, 0) is 11.3 Å². The van der Waals surface area contributed by atoms with E-state index in [-0.39, 0.29) is 11.9 Å². The zero-order valence-corrected chi connectivity index (χ0v) is 14.4. The Labute approximate surface area is 142 Å². The van der Waals surface area contributed by atoms with Crippen LogP contribution in [0.2, 0.25) is 0 Å². The fourth-order valence-corrected chi connectivity index (χ4v) is 4.02. The SMILES string of the molecule is CCC(=O)NC1CCN(Cc2cccs2)C(c2ccccc2)C1. The van der Waals surface area contributed by atoms with Gasteiger partial charge in [0.15, 0.2) is 0 Å². The second-order valence-electron chi connectivity index (χ2n) is 6.12. The van der Waals surface area contributed by atoms with Crippen LogP contribution in [-0.4, -0.2) is 23.4 Å². The lowest BCUT2D eigenvalue weighted by molar-refractivity contribution is -0.122. The molecule has 1 aromatic heterocycles. The topological polar surface area (TPSA) is 32.3 Å². The molecule has 3 rings (SSSR count). The fraction of sp³-hybridized carbons (Fsp3) is 0.421. The fourth-order valence-electron chi connectivity index (χ4n) is 3.29. The number of carbonyl (C=O) groups is 1. The maximum absolute atomic E-state index is 11.7. The Balaban J connectivity index is 1.75. The Bertz CT molecular complexity index is 612. The molecule has 1 aliphatic heterocycles. The van der Waals surface area contributed by atoms with Gasteiger partial charge in [-0.25, -0.2) is 0 Å². The van der Waals surface area contributed by atoms with Gasteiger partial charge >= 0.3 is 0 Å². The van der Waals surface area contributed by atoms with Crippen molar-refractivity contribution in [1.29, 1.82) is 0 Å². The third kappa shape index (κ3) is 4.21. The highest BCUT2D eigenvalue weighted by molar-refractivity contribution is 7.09. The summed E-state index contributed by atoms with van der Waals surface area (Å²) in [5, 5.41) is 5.32. The Kier molecular flexibility index (Phi) is 5.47. The lowest BCUT2D eigenvalue weighted by Crippen LogP contribution is -2.45. The molecule has 0 saturated carbocycles. The van der Waals surface area contributed by atoms with Crippen LogP contribution < -0.4 is 5.32 Å². The molecule has 1 fully saturated rings. The number of hydrogen-bond donors (Lipinski definition) is 1. The molecule has 2 unspecified atom stereocenters. The molecule has 1 amide bonds. The van der Waals surface area contributed by atoms with Crippen molar-refractivity contribution < 1.29 is 4.79 Å². The maximum Gasteiger partial charge on any atom is 0.219 e. The first-order valence-electron chi connectivity index (χ1n) is 8.37. The van der Waals surface area contributed by atoms with Crippen LogP contribution in [0.1, 0.15) is 42.7 Å². The van der Waals surface area contributed by atoms with Gasteiger partial charge in [-0.2, -0.15) is 0 Å². The zero-order valence-electron chi connectivity index (χ0n) is 13.6. The standard InChI is InChI=1S/C19H24N2OS/c1-2-19(22)20-16-10-11-21(14-17-9-6-12-23-17)18(13-16)15-7-4-3-5-8-15/h3-9,12,16,18H,2,10-11,13-14H2,1H3,(H,20,22). The zero-order chi connectivity index (χ0) is 16.1. The average molecular weight is 328 g/mol. The molecule has 1 aliphatic rings. The Morgan fingerprint density at radius 1 is 1.26 bits per heavy atom. The number of nitrogens with one attached hydrogen (secondary N) is 1. The van der Waals surface area contributed by atoms with Gasteiger partial charge in [-0.3, -0.25) is 9.69 Å². The Hall–Kier alpha value is -1.65. The first kappa shape index (κ1) is 16.2. The van der Waals surface area contributed by atoms with Crippen LogP contribution in [0.25, 0.3) is 0 Å².